The molecule has 1 aliphatic carbocycles. The fourth-order valence-electron chi connectivity index (χ4n) is 2.23. The van der Waals surface area contributed by atoms with Gasteiger partial charge in [-0.25, -0.2) is 9.78 Å². The van der Waals surface area contributed by atoms with Gasteiger partial charge in [-0.3, -0.25) is 9.78 Å². The molecule has 6 heteroatoms. The number of Topliss-reactive ketones (excluding diaryl/α,β-unsaturated/α-hetero) is 1. The van der Waals surface area contributed by atoms with Crippen molar-refractivity contribution >= 4 is 17.6 Å². The molecule has 1 heterocycles. The van der Waals surface area contributed by atoms with E-state index in [9.17, 15) is 9.59 Å². The Morgan fingerprint density at radius 1 is 1.37 bits per heavy atom. The molecule has 0 atom stereocenters. The van der Waals surface area contributed by atoms with Crippen LogP contribution < -0.4 is 4.90 Å². The Labute approximate surface area is 111 Å². The monoisotopic (exact) mass is 263 g/mol. The summed E-state index contributed by atoms with van der Waals surface area (Å²) in [7, 11) is 3.22. The predicted molar refractivity (Wildman–Crippen MR) is 69.0 cm³/mol. The van der Waals surface area contributed by atoms with Gasteiger partial charge in [0.25, 0.3) is 0 Å². The number of ether oxygens (including phenoxy) is 1. The molecule has 1 aromatic heterocycles. The molecule has 0 radical (unpaired) electrons. The Hall–Kier alpha value is -1.98. The van der Waals surface area contributed by atoms with E-state index in [0.29, 0.717) is 24.4 Å². The number of nitrogens with zero attached hydrogens (tertiary/aromatic N) is 3. The van der Waals surface area contributed by atoms with Gasteiger partial charge in [0.2, 0.25) is 0 Å². The highest BCUT2D eigenvalue weighted by molar-refractivity contribution is 5.87. The summed E-state index contributed by atoms with van der Waals surface area (Å²) in [6.07, 6.45) is 5.85. The van der Waals surface area contributed by atoms with Crippen molar-refractivity contribution in [2.45, 2.75) is 31.7 Å². The third kappa shape index (κ3) is 3.07. The number of hydrogen-bond donors (Lipinski definition) is 0. The van der Waals surface area contributed by atoms with Crippen LogP contribution in [0.1, 0.15) is 36.2 Å². The lowest BCUT2D eigenvalue weighted by atomic mass is 9.93. The van der Waals surface area contributed by atoms with Crippen molar-refractivity contribution in [3.8, 4) is 0 Å². The highest BCUT2D eigenvalue weighted by Crippen LogP contribution is 2.23. The first kappa shape index (κ1) is 13.5. The average Bonchev–Trinajstić information content (AvgIpc) is 2.46. The zero-order valence-electron chi connectivity index (χ0n) is 11.1. The molecule has 19 heavy (non-hydrogen) atoms. The number of aromatic nitrogens is 2. The van der Waals surface area contributed by atoms with Crippen molar-refractivity contribution in [2.24, 2.45) is 0 Å². The molecule has 0 unspecified atom stereocenters. The number of anilines is 1. The van der Waals surface area contributed by atoms with E-state index in [1.54, 1.807) is 6.20 Å². The van der Waals surface area contributed by atoms with Gasteiger partial charge in [-0.05, 0) is 12.8 Å². The first-order valence-electron chi connectivity index (χ1n) is 6.26. The number of methoxy groups -OCH3 is 1. The van der Waals surface area contributed by atoms with E-state index >= 15 is 0 Å². The molecule has 1 fully saturated rings. The molecule has 0 N–H and O–H groups in total. The van der Waals surface area contributed by atoms with E-state index in [4.69, 9.17) is 0 Å². The quantitative estimate of drug-likeness (QED) is 0.763. The van der Waals surface area contributed by atoms with Crippen LogP contribution >= 0.6 is 0 Å². The molecular weight excluding hydrogens is 246 g/mol. The Balaban J connectivity index is 2.12. The van der Waals surface area contributed by atoms with Gasteiger partial charge < -0.3 is 9.64 Å². The van der Waals surface area contributed by atoms with Crippen molar-refractivity contribution in [2.75, 3.05) is 19.1 Å². The number of ketones is 1. The van der Waals surface area contributed by atoms with Crippen LogP contribution in [0.4, 0.5) is 5.82 Å². The first-order valence-corrected chi connectivity index (χ1v) is 6.26. The zero-order chi connectivity index (χ0) is 13.8. The smallest absolute Gasteiger partial charge is 0.358 e. The molecule has 6 nitrogen and oxygen atoms in total. The average molecular weight is 263 g/mol. The molecular formula is C13H17N3O3. The van der Waals surface area contributed by atoms with Crippen molar-refractivity contribution in [3.05, 3.63) is 18.1 Å². The summed E-state index contributed by atoms with van der Waals surface area (Å²) in [5, 5.41) is 0. The number of carbonyl (C=O) groups excluding carboxylic acids is 2. The largest absolute Gasteiger partial charge is 0.464 e. The maximum absolute atomic E-state index is 11.4. The topological polar surface area (TPSA) is 72.4 Å². The summed E-state index contributed by atoms with van der Waals surface area (Å²) in [6.45, 7) is 0. The molecule has 0 saturated heterocycles. The summed E-state index contributed by atoms with van der Waals surface area (Å²) < 4.78 is 4.63. The molecule has 0 aliphatic heterocycles. The minimum Gasteiger partial charge on any atom is -0.464 e. The standard InChI is InChI=1S/C13H17N3O3/c1-16(9-3-5-10(17)6-4-9)12-8-14-7-11(15-12)13(18)19-2/h7-9H,3-6H2,1-2H3. The van der Waals surface area contributed by atoms with Gasteiger partial charge in [-0.1, -0.05) is 0 Å². The van der Waals surface area contributed by atoms with Gasteiger partial charge in [0.15, 0.2) is 5.69 Å². The second kappa shape index (κ2) is 5.77. The fraction of sp³-hybridized carbons (Fsp3) is 0.538. The summed E-state index contributed by atoms with van der Waals surface area (Å²) in [5.41, 5.74) is 0.193. The van der Waals surface area contributed by atoms with E-state index in [2.05, 4.69) is 14.7 Å². The zero-order valence-corrected chi connectivity index (χ0v) is 11.1. The van der Waals surface area contributed by atoms with E-state index in [-0.39, 0.29) is 11.7 Å². The van der Waals surface area contributed by atoms with Crippen LogP contribution in [-0.4, -0.2) is 41.9 Å². The molecule has 0 amide bonds. The van der Waals surface area contributed by atoms with Gasteiger partial charge in [0, 0.05) is 25.9 Å². The van der Waals surface area contributed by atoms with E-state index in [1.165, 1.54) is 13.3 Å². The molecule has 0 spiro atoms. The van der Waals surface area contributed by atoms with Crippen molar-refractivity contribution in [1.82, 2.24) is 9.97 Å². The van der Waals surface area contributed by atoms with Gasteiger partial charge in [-0.15, -0.1) is 0 Å². The lowest BCUT2D eigenvalue weighted by molar-refractivity contribution is -0.120. The minimum absolute atomic E-state index is 0.193. The molecule has 2 rings (SSSR count). The molecule has 1 aromatic rings. The molecule has 102 valence electrons. The van der Waals surface area contributed by atoms with Crippen molar-refractivity contribution in [1.29, 1.82) is 0 Å². The number of rotatable bonds is 3. The Kier molecular flexibility index (Phi) is 4.09. The second-order valence-corrected chi connectivity index (χ2v) is 4.63. The Morgan fingerprint density at radius 2 is 2.05 bits per heavy atom. The Bertz CT molecular complexity index is 480. The van der Waals surface area contributed by atoms with Gasteiger partial charge >= 0.3 is 5.97 Å². The van der Waals surface area contributed by atoms with E-state index in [0.717, 1.165) is 12.8 Å². The van der Waals surface area contributed by atoms with Crippen molar-refractivity contribution < 1.29 is 14.3 Å². The van der Waals surface area contributed by atoms with Crippen LogP contribution in [0, 0.1) is 0 Å². The van der Waals surface area contributed by atoms with Crippen LogP contribution in [-0.2, 0) is 9.53 Å². The molecule has 0 bridgehead atoms. The van der Waals surface area contributed by atoms with Crippen LogP contribution in [0.3, 0.4) is 0 Å². The second-order valence-electron chi connectivity index (χ2n) is 4.63. The van der Waals surface area contributed by atoms with Crippen LogP contribution in [0.2, 0.25) is 0 Å². The maximum Gasteiger partial charge on any atom is 0.358 e. The lowest BCUT2D eigenvalue weighted by Gasteiger charge is -2.31. The number of esters is 1. The third-order valence-corrected chi connectivity index (χ3v) is 3.44. The van der Waals surface area contributed by atoms with E-state index < -0.39 is 5.97 Å². The lowest BCUT2D eigenvalue weighted by Crippen LogP contribution is -2.36. The van der Waals surface area contributed by atoms with Gasteiger partial charge in [0.1, 0.15) is 11.6 Å². The highest BCUT2D eigenvalue weighted by atomic mass is 16.5. The SMILES string of the molecule is COC(=O)c1cncc(N(C)C2CCC(=O)CC2)n1. The van der Waals surface area contributed by atoms with E-state index in [1.807, 2.05) is 11.9 Å². The molecule has 0 aromatic carbocycles. The molecule has 1 saturated carbocycles. The van der Waals surface area contributed by atoms with Crippen molar-refractivity contribution in [3.63, 3.8) is 0 Å². The fourth-order valence-corrected chi connectivity index (χ4v) is 2.23. The highest BCUT2D eigenvalue weighted by Gasteiger charge is 2.23. The first-order chi connectivity index (χ1) is 9.11. The van der Waals surface area contributed by atoms with Crippen LogP contribution in [0.5, 0.6) is 0 Å². The van der Waals surface area contributed by atoms with Gasteiger partial charge in [0.05, 0.1) is 19.5 Å². The normalized spacial score (nSPS) is 16.2. The maximum atomic E-state index is 11.4. The summed E-state index contributed by atoms with van der Waals surface area (Å²) >= 11 is 0. The minimum atomic E-state index is -0.499. The van der Waals surface area contributed by atoms with Crippen LogP contribution in [0.25, 0.3) is 0 Å². The summed E-state index contributed by atoms with van der Waals surface area (Å²) in [6, 6.07) is 0.264. The molecule has 1 aliphatic rings. The summed E-state index contributed by atoms with van der Waals surface area (Å²) in [5.74, 6) is 0.447. The number of carbonyl (C=O) groups is 2. The summed E-state index contributed by atoms with van der Waals surface area (Å²) in [4.78, 5) is 32.9. The predicted octanol–water partition coefficient (Wildman–Crippen LogP) is 1.21. The van der Waals surface area contributed by atoms with Crippen LogP contribution in [0.15, 0.2) is 12.4 Å². The van der Waals surface area contributed by atoms with Gasteiger partial charge in [-0.2, -0.15) is 0 Å². The number of hydrogen-bond acceptors (Lipinski definition) is 6. The Morgan fingerprint density at radius 3 is 2.68 bits per heavy atom. The third-order valence-electron chi connectivity index (χ3n) is 3.44.